The zero-order valence-corrected chi connectivity index (χ0v) is 17.8. The molecular weight excluding hydrogens is 428 g/mol. The third-order valence-corrected chi connectivity index (χ3v) is 7.65. The largest absolute Gasteiger partial charge is 0.308 e. The zero-order chi connectivity index (χ0) is 20.6. The Hall–Kier alpha value is -2.61. The first kappa shape index (κ1) is 19.7. The molecule has 0 saturated heterocycles. The van der Waals surface area contributed by atoms with Crippen molar-refractivity contribution in [2.24, 2.45) is 0 Å². The second-order valence-electron chi connectivity index (χ2n) is 6.52. The fraction of sp³-hybridized carbons (Fsp3) is 0.0952. The lowest BCUT2D eigenvalue weighted by Crippen LogP contribution is -2.26. The van der Waals surface area contributed by atoms with E-state index in [1.807, 2.05) is 18.2 Å². The summed E-state index contributed by atoms with van der Waals surface area (Å²) in [5.74, 6) is 0. The summed E-state index contributed by atoms with van der Waals surface area (Å²) >= 11 is 6.96. The van der Waals surface area contributed by atoms with Crippen molar-refractivity contribution in [1.29, 1.82) is 0 Å². The van der Waals surface area contributed by atoms with E-state index >= 15 is 0 Å². The minimum Gasteiger partial charge on any atom is -0.294 e. The summed E-state index contributed by atoms with van der Waals surface area (Å²) in [6, 6.07) is 21.0. The van der Waals surface area contributed by atoms with Crippen LogP contribution < -0.4 is 9.18 Å². The maximum atomic E-state index is 13.0. The molecule has 1 heterocycles. The summed E-state index contributed by atoms with van der Waals surface area (Å²) in [6.07, 6.45) is 0. The topological polar surface area (TPSA) is 59.4 Å². The number of nitrogens with zero attached hydrogens (tertiary/aromatic N) is 2. The molecule has 29 heavy (non-hydrogen) atoms. The minimum atomic E-state index is -3.74. The van der Waals surface area contributed by atoms with Crippen molar-refractivity contribution in [2.75, 3.05) is 11.4 Å². The predicted molar refractivity (Wildman–Crippen MR) is 119 cm³/mol. The molecule has 8 heteroatoms. The molecule has 148 valence electrons. The Labute approximate surface area is 177 Å². The van der Waals surface area contributed by atoms with Gasteiger partial charge in [0, 0.05) is 12.1 Å². The van der Waals surface area contributed by atoms with Crippen molar-refractivity contribution in [3.05, 3.63) is 93.0 Å². The summed E-state index contributed by atoms with van der Waals surface area (Å²) in [5.41, 5.74) is 2.22. The van der Waals surface area contributed by atoms with Crippen LogP contribution >= 0.6 is 22.9 Å². The number of rotatable bonds is 5. The Balaban J connectivity index is 1.72. The van der Waals surface area contributed by atoms with Gasteiger partial charge in [0.05, 0.1) is 27.3 Å². The second kappa shape index (κ2) is 7.67. The molecule has 1 aromatic heterocycles. The molecule has 0 unspecified atom stereocenters. The fourth-order valence-electron chi connectivity index (χ4n) is 3.06. The van der Waals surface area contributed by atoms with Crippen molar-refractivity contribution in [2.45, 2.75) is 11.4 Å². The number of hydrogen-bond donors (Lipinski definition) is 0. The standard InChI is InChI=1S/C21H17ClN2O3S2/c1-23(17-5-3-2-4-6-17)29(26,27)18-11-12-19-20(13-18)28-21(25)24(19)14-15-7-9-16(22)10-8-15/h2-13H,14H2,1H3. The Morgan fingerprint density at radius 1 is 1.00 bits per heavy atom. The molecule has 0 amide bonds. The molecule has 5 nitrogen and oxygen atoms in total. The lowest BCUT2D eigenvalue weighted by Gasteiger charge is -2.19. The van der Waals surface area contributed by atoms with Crippen molar-refractivity contribution in [3.63, 3.8) is 0 Å². The van der Waals surface area contributed by atoms with E-state index in [9.17, 15) is 13.2 Å². The zero-order valence-electron chi connectivity index (χ0n) is 15.4. The Morgan fingerprint density at radius 2 is 1.69 bits per heavy atom. The van der Waals surface area contributed by atoms with Gasteiger partial charge in [-0.2, -0.15) is 0 Å². The number of aromatic nitrogens is 1. The Kier molecular flexibility index (Phi) is 5.21. The van der Waals surface area contributed by atoms with Crippen LogP contribution in [-0.2, 0) is 16.6 Å². The minimum absolute atomic E-state index is 0.138. The number of hydrogen-bond acceptors (Lipinski definition) is 4. The Bertz CT molecular complexity index is 1330. The molecule has 4 rings (SSSR count). The number of thiazole rings is 1. The monoisotopic (exact) mass is 444 g/mol. The molecule has 0 spiro atoms. The van der Waals surface area contributed by atoms with E-state index < -0.39 is 10.0 Å². The molecule has 0 N–H and O–H groups in total. The predicted octanol–water partition coefficient (Wildman–Crippen LogP) is 4.59. The van der Waals surface area contributed by atoms with Crippen LogP contribution in [0.3, 0.4) is 0 Å². The number of benzene rings is 3. The van der Waals surface area contributed by atoms with Gasteiger partial charge >= 0.3 is 4.87 Å². The smallest absolute Gasteiger partial charge is 0.294 e. The molecule has 0 bridgehead atoms. The first-order chi connectivity index (χ1) is 13.9. The van der Waals surface area contributed by atoms with Gasteiger partial charge in [0.25, 0.3) is 10.0 Å². The highest BCUT2D eigenvalue weighted by Gasteiger charge is 2.22. The van der Waals surface area contributed by atoms with E-state index in [0.717, 1.165) is 16.9 Å². The maximum absolute atomic E-state index is 13.0. The van der Waals surface area contributed by atoms with Crippen LogP contribution in [0.4, 0.5) is 5.69 Å². The van der Waals surface area contributed by atoms with Crippen LogP contribution in [0.2, 0.25) is 5.02 Å². The van der Waals surface area contributed by atoms with Crippen molar-refractivity contribution in [3.8, 4) is 0 Å². The van der Waals surface area contributed by atoms with Crippen LogP contribution in [-0.4, -0.2) is 20.0 Å². The fourth-order valence-corrected chi connectivity index (χ4v) is 5.42. The maximum Gasteiger partial charge on any atom is 0.308 e. The van der Waals surface area contributed by atoms with E-state index in [0.29, 0.717) is 27.5 Å². The molecule has 0 aliphatic heterocycles. The van der Waals surface area contributed by atoms with Gasteiger partial charge < -0.3 is 0 Å². The number of para-hydroxylation sites is 1. The first-order valence-electron chi connectivity index (χ1n) is 8.78. The van der Waals surface area contributed by atoms with Gasteiger partial charge in [0.15, 0.2) is 0 Å². The third kappa shape index (κ3) is 3.81. The highest BCUT2D eigenvalue weighted by Crippen LogP contribution is 2.26. The Morgan fingerprint density at radius 3 is 2.38 bits per heavy atom. The second-order valence-corrected chi connectivity index (χ2v) is 9.92. The van der Waals surface area contributed by atoms with Crippen LogP contribution in [0.15, 0.2) is 82.5 Å². The normalized spacial score (nSPS) is 11.7. The highest BCUT2D eigenvalue weighted by molar-refractivity contribution is 7.92. The van der Waals surface area contributed by atoms with Gasteiger partial charge in [-0.3, -0.25) is 13.7 Å². The number of fused-ring (bicyclic) bond motifs is 1. The van der Waals surface area contributed by atoms with Crippen molar-refractivity contribution >= 4 is 48.9 Å². The van der Waals surface area contributed by atoms with E-state index in [4.69, 9.17) is 11.6 Å². The summed E-state index contributed by atoms with van der Waals surface area (Å²) in [4.78, 5) is 12.5. The van der Waals surface area contributed by atoms with E-state index in [2.05, 4.69) is 0 Å². The van der Waals surface area contributed by atoms with Crippen LogP contribution in [0.25, 0.3) is 10.2 Å². The summed E-state index contributed by atoms with van der Waals surface area (Å²) < 4.78 is 29.6. The van der Waals surface area contributed by atoms with Crippen molar-refractivity contribution < 1.29 is 8.42 Å². The molecular formula is C21H17ClN2O3S2. The quantitative estimate of drug-likeness (QED) is 0.452. The molecule has 3 aromatic carbocycles. The van der Waals surface area contributed by atoms with E-state index in [1.54, 1.807) is 59.2 Å². The molecule has 0 saturated carbocycles. The van der Waals surface area contributed by atoms with Gasteiger partial charge in [-0.05, 0) is 48.0 Å². The molecule has 4 aromatic rings. The van der Waals surface area contributed by atoms with Gasteiger partial charge in [-0.25, -0.2) is 8.42 Å². The average molecular weight is 445 g/mol. The third-order valence-electron chi connectivity index (χ3n) is 4.67. The van der Waals surface area contributed by atoms with Gasteiger partial charge in [-0.1, -0.05) is 53.3 Å². The summed E-state index contributed by atoms with van der Waals surface area (Å²) in [6.45, 7) is 0.395. The lowest BCUT2D eigenvalue weighted by atomic mass is 10.2. The molecule has 0 radical (unpaired) electrons. The summed E-state index contributed by atoms with van der Waals surface area (Å²) in [5, 5.41) is 0.633. The average Bonchev–Trinajstić information content (AvgIpc) is 3.04. The van der Waals surface area contributed by atoms with Gasteiger partial charge in [-0.15, -0.1) is 0 Å². The van der Waals surface area contributed by atoms with E-state index in [-0.39, 0.29) is 9.77 Å². The van der Waals surface area contributed by atoms with Crippen LogP contribution in [0, 0.1) is 0 Å². The SMILES string of the molecule is CN(c1ccccc1)S(=O)(=O)c1ccc2c(c1)sc(=O)n2Cc1ccc(Cl)cc1. The van der Waals surface area contributed by atoms with Gasteiger partial charge in [0.2, 0.25) is 0 Å². The van der Waals surface area contributed by atoms with Crippen LogP contribution in [0.5, 0.6) is 0 Å². The van der Waals surface area contributed by atoms with Gasteiger partial charge in [0.1, 0.15) is 0 Å². The molecule has 0 atom stereocenters. The lowest BCUT2D eigenvalue weighted by molar-refractivity contribution is 0.594. The van der Waals surface area contributed by atoms with E-state index in [1.165, 1.54) is 11.4 Å². The molecule has 0 fully saturated rings. The molecule has 0 aliphatic rings. The number of anilines is 1. The summed E-state index contributed by atoms with van der Waals surface area (Å²) in [7, 11) is -2.22. The van der Waals surface area contributed by atoms with Crippen molar-refractivity contribution in [1.82, 2.24) is 4.57 Å². The first-order valence-corrected chi connectivity index (χ1v) is 11.4. The van der Waals surface area contributed by atoms with Crippen LogP contribution in [0.1, 0.15) is 5.56 Å². The number of sulfonamides is 1. The molecule has 0 aliphatic carbocycles. The number of halogens is 1. The highest BCUT2D eigenvalue weighted by atomic mass is 35.5.